The summed E-state index contributed by atoms with van der Waals surface area (Å²) in [5.41, 5.74) is 2.42. The van der Waals surface area contributed by atoms with Gasteiger partial charge in [-0.3, -0.25) is 9.59 Å². The number of nitrogens with one attached hydrogen (secondary N) is 1. The predicted molar refractivity (Wildman–Crippen MR) is 111 cm³/mol. The average Bonchev–Trinajstić information content (AvgIpc) is 2.68. The van der Waals surface area contributed by atoms with E-state index in [1.165, 1.54) is 0 Å². The first-order valence-electron chi connectivity index (χ1n) is 9.07. The molecule has 1 aliphatic heterocycles. The Kier molecular flexibility index (Phi) is 6.16. The van der Waals surface area contributed by atoms with E-state index in [0.717, 1.165) is 23.0 Å². The van der Waals surface area contributed by atoms with Gasteiger partial charge in [-0.25, -0.2) is 0 Å². The van der Waals surface area contributed by atoms with Gasteiger partial charge in [0, 0.05) is 54.5 Å². The summed E-state index contributed by atoms with van der Waals surface area (Å²) >= 11 is 3.38. The van der Waals surface area contributed by atoms with Crippen LogP contribution in [0.25, 0.3) is 0 Å². The Morgan fingerprint density at radius 1 is 0.963 bits per heavy atom. The summed E-state index contributed by atoms with van der Waals surface area (Å²) in [6.07, 6.45) is 1.54. The van der Waals surface area contributed by atoms with E-state index >= 15 is 0 Å². The van der Waals surface area contributed by atoms with Gasteiger partial charge in [0.25, 0.3) is 11.8 Å². The molecule has 0 unspecified atom stereocenters. The molecule has 142 valence electrons. The molecule has 5 nitrogen and oxygen atoms in total. The van der Waals surface area contributed by atoms with Crippen LogP contribution < -0.4 is 10.2 Å². The van der Waals surface area contributed by atoms with Crippen LogP contribution in [0.1, 0.15) is 33.6 Å². The highest BCUT2D eigenvalue weighted by Gasteiger charge is 2.24. The molecule has 1 N–H and O–H groups in total. The van der Waals surface area contributed by atoms with E-state index in [4.69, 9.17) is 0 Å². The second-order valence-electron chi connectivity index (χ2n) is 6.99. The fraction of sp³-hybridized carbons (Fsp3) is 0.333. The van der Waals surface area contributed by atoms with Gasteiger partial charge in [-0.1, -0.05) is 15.9 Å². The number of amides is 2. The molecule has 0 radical (unpaired) electrons. The number of hydrogen-bond donors (Lipinski definition) is 1. The van der Waals surface area contributed by atoms with Crippen LogP contribution in [-0.2, 0) is 0 Å². The first-order valence-corrected chi connectivity index (χ1v) is 9.86. The molecule has 6 heteroatoms. The van der Waals surface area contributed by atoms with Gasteiger partial charge in [-0.05, 0) is 61.4 Å². The van der Waals surface area contributed by atoms with Crippen LogP contribution in [0, 0.1) is 0 Å². The number of hydrogen-bond acceptors (Lipinski definition) is 3. The summed E-state index contributed by atoms with van der Waals surface area (Å²) in [6.45, 7) is 1.30. The quantitative estimate of drug-likeness (QED) is 0.808. The Hall–Kier alpha value is -2.34. The molecule has 2 aromatic rings. The zero-order valence-electron chi connectivity index (χ0n) is 15.6. The minimum atomic E-state index is -0.0574. The van der Waals surface area contributed by atoms with E-state index < -0.39 is 0 Å². The van der Waals surface area contributed by atoms with Crippen molar-refractivity contribution in [2.45, 2.75) is 18.9 Å². The largest absolute Gasteiger partial charge is 0.378 e. The van der Waals surface area contributed by atoms with E-state index in [1.807, 2.05) is 72.4 Å². The third-order valence-electron chi connectivity index (χ3n) is 4.85. The Labute approximate surface area is 168 Å². The molecule has 0 atom stereocenters. The number of anilines is 1. The highest BCUT2D eigenvalue weighted by atomic mass is 79.9. The number of rotatable bonds is 4. The highest BCUT2D eigenvalue weighted by molar-refractivity contribution is 9.10. The predicted octanol–water partition coefficient (Wildman–Crippen LogP) is 3.55. The number of carbonyl (C=O) groups is 2. The molecule has 2 aromatic carbocycles. The van der Waals surface area contributed by atoms with Crippen molar-refractivity contribution in [2.75, 3.05) is 32.1 Å². The Morgan fingerprint density at radius 2 is 1.52 bits per heavy atom. The number of carbonyl (C=O) groups excluding carboxylic acids is 2. The normalized spacial score (nSPS) is 14.7. The van der Waals surface area contributed by atoms with Gasteiger partial charge in [0.2, 0.25) is 0 Å². The van der Waals surface area contributed by atoms with Crippen molar-refractivity contribution in [3.63, 3.8) is 0 Å². The van der Waals surface area contributed by atoms with Gasteiger partial charge < -0.3 is 15.1 Å². The summed E-state index contributed by atoms with van der Waals surface area (Å²) in [5, 5.41) is 3.09. The molecule has 0 spiro atoms. The molecule has 3 rings (SSSR count). The van der Waals surface area contributed by atoms with E-state index in [-0.39, 0.29) is 17.9 Å². The van der Waals surface area contributed by atoms with Crippen molar-refractivity contribution in [1.82, 2.24) is 10.2 Å². The number of likely N-dealkylation sites (tertiary alicyclic amines) is 1. The van der Waals surface area contributed by atoms with E-state index in [2.05, 4.69) is 21.2 Å². The van der Waals surface area contributed by atoms with Crippen LogP contribution in [0.15, 0.2) is 53.0 Å². The smallest absolute Gasteiger partial charge is 0.253 e. The van der Waals surface area contributed by atoms with Crippen LogP contribution in [0.2, 0.25) is 0 Å². The molecule has 1 heterocycles. The molecule has 1 aliphatic rings. The average molecular weight is 430 g/mol. The molecule has 1 fully saturated rings. The van der Waals surface area contributed by atoms with E-state index in [9.17, 15) is 9.59 Å². The van der Waals surface area contributed by atoms with Crippen molar-refractivity contribution in [3.05, 3.63) is 64.1 Å². The molecule has 0 aliphatic carbocycles. The monoisotopic (exact) mass is 429 g/mol. The number of benzene rings is 2. The van der Waals surface area contributed by atoms with Gasteiger partial charge in [0.15, 0.2) is 0 Å². The Bertz CT molecular complexity index is 795. The van der Waals surface area contributed by atoms with Crippen molar-refractivity contribution in [1.29, 1.82) is 0 Å². The fourth-order valence-corrected chi connectivity index (χ4v) is 3.45. The van der Waals surface area contributed by atoms with Gasteiger partial charge in [-0.15, -0.1) is 0 Å². The van der Waals surface area contributed by atoms with Crippen LogP contribution >= 0.6 is 15.9 Å². The minimum absolute atomic E-state index is 0.0477. The molecule has 1 saturated heterocycles. The van der Waals surface area contributed by atoms with Crippen LogP contribution in [-0.4, -0.2) is 49.9 Å². The maximum Gasteiger partial charge on any atom is 0.253 e. The SMILES string of the molecule is CN(C)c1ccc(C(=O)NC2CCN(C(=O)c3ccc(Br)cc3)CC2)cc1. The Balaban J connectivity index is 1.52. The number of nitrogens with zero attached hydrogens (tertiary/aromatic N) is 2. The lowest BCUT2D eigenvalue weighted by atomic mass is 10.0. The van der Waals surface area contributed by atoms with Crippen molar-refractivity contribution < 1.29 is 9.59 Å². The first kappa shape index (κ1) is 19.4. The van der Waals surface area contributed by atoms with Crippen LogP contribution in [0.3, 0.4) is 0 Å². The van der Waals surface area contributed by atoms with E-state index in [1.54, 1.807) is 0 Å². The molecule has 0 saturated carbocycles. The van der Waals surface area contributed by atoms with Gasteiger partial charge in [0.1, 0.15) is 0 Å². The van der Waals surface area contributed by atoms with Gasteiger partial charge >= 0.3 is 0 Å². The molecule has 0 aromatic heterocycles. The first-order chi connectivity index (χ1) is 12.9. The Morgan fingerprint density at radius 3 is 2.07 bits per heavy atom. The van der Waals surface area contributed by atoms with Crippen LogP contribution in [0.4, 0.5) is 5.69 Å². The topological polar surface area (TPSA) is 52.7 Å². The zero-order chi connectivity index (χ0) is 19.4. The molecule has 27 heavy (non-hydrogen) atoms. The summed E-state index contributed by atoms with van der Waals surface area (Å²) in [6, 6.07) is 15.1. The van der Waals surface area contributed by atoms with Crippen LogP contribution in [0.5, 0.6) is 0 Å². The summed E-state index contributed by atoms with van der Waals surface area (Å²) < 4.78 is 0.957. The second-order valence-corrected chi connectivity index (χ2v) is 7.90. The summed E-state index contributed by atoms with van der Waals surface area (Å²) in [5.74, 6) is -0.00968. The third-order valence-corrected chi connectivity index (χ3v) is 5.38. The standard InChI is InChI=1S/C21H24BrN3O2/c1-24(2)19-9-5-15(6-10-19)20(26)23-18-11-13-25(14-12-18)21(27)16-3-7-17(22)8-4-16/h3-10,18H,11-14H2,1-2H3,(H,23,26). The lowest BCUT2D eigenvalue weighted by Crippen LogP contribution is -2.46. The lowest BCUT2D eigenvalue weighted by molar-refractivity contribution is 0.0698. The third kappa shape index (κ3) is 4.89. The zero-order valence-corrected chi connectivity index (χ0v) is 17.2. The lowest BCUT2D eigenvalue weighted by Gasteiger charge is -2.32. The maximum atomic E-state index is 12.6. The van der Waals surface area contributed by atoms with Crippen molar-refractivity contribution >= 4 is 33.4 Å². The van der Waals surface area contributed by atoms with Crippen molar-refractivity contribution in [2.24, 2.45) is 0 Å². The van der Waals surface area contributed by atoms with Gasteiger partial charge in [0.05, 0.1) is 0 Å². The summed E-state index contributed by atoms with van der Waals surface area (Å²) in [7, 11) is 3.94. The minimum Gasteiger partial charge on any atom is -0.378 e. The van der Waals surface area contributed by atoms with Gasteiger partial charge in [-0.2, -0.15) is 0 Å². The molecule has 0 bridgehead atoms. The van der Waals surface area contributed by atoms with Crippen molar-refractivity contribution in [3.8, 4) is 0 Å². The molecule has 2 amide bonds. The fourth-order valence-electron chi connectivity index (χ4n) is 3.18. The number of piperidine rings is 1. The second kappa shape index (κ2) is 8.57. The molecular formula is C21H24BrN3O2. The maximum absolute atomic E-state index is 12.6. The molecular weight excluding hydrogens is 406 g/mol. The van der Waals surface area contributed by atoms with E-state index in [0.29, 0.717) is 24.2 Å². The summed E-state index contributed by atoms with van der Waals surface area (Å²) in [4.78, 5) is 28.9. The highest BCUT2D eigenvalue weighted by Crippen LogP contribution is 2.17. The number of halogens is 1.